The molecule has 3 rings (SSSR count). The highest BCUT2D eigenvalue weighted by atomic mass is 32.2. The SMILES string of the molecule is CC1c2cccn2CCN1C(=O)c1cccc(CS(C)(=O)=O)c1. The van der Waals surface area contributed by atoms with Crippen molar-refractivity contribution in [3.63, 3.8) is 0 Å². The minimum Gasteiger partial charge on any atom is -0.348 e. The van der Waals surface area contributed by atoms with Gasteiger partial charge in [0.2, 0.25) is 0 Å². The lowest BCUT2D eigenvalue weighted by Crippen LogP contribution is -2.40. The molecule has 1 atom stereocenters. The number of sulfone groups is 1. The van der Waals surface area contributed by atoms with Crippen molar-refractivity contribution in [2.24, 2.45) is 0 Å². The van der Waals surface area contributed by atoms with Gasteiger partial charge < -0.3 is 9.47 Å². The Hall–Kier alpha value is -2.08. The van der Waals surface area contributed by atoms with Crippen molar-refractivity contribution in [2.75, 3.05) is 12.8 Å². The number of rotatable bonds is 3. The minimum absolute atomic E-state index is 0.00446. The lowest BCUT2D eigenvalue weighted by Gasteiger charge is -2.35. The molecular weight excluding hydrogens is 312 g/mol. The highest BCUT2D eigenvalue weighted by Crippen LogP contribution is 2.27. The third-order valence-corrected chi connectivity index (χ3v) is 5.06. The molecule has 122 valence electrons. The molecule has 1 unspecified atom stereocenters. The lowest BCUT2D eigenvalue weighted by atomic mass is 10.1. The van der Waals surface area contributed by atoms with Crippen LogP contribution in [0.2, 0.25) is 0 Å². The fourth-order valence-electron chi connectivity index (χ4n) is 3.12. The first kappa shape index (κ1) is 15.8. The van der Waals surface area contributed by atoms with Crippen molar-refractivity contribution in [1.29, 1.82) is 0 Å². The van der Waals surface area contributed by atoms with Gasteiger partial charge in [-0.3, -0.25) is 4.79 Å². The van der Waals surface area contributed by atoms with Crippen LogP contribution in [0.15, 0.2) is 42.6 Å². The molecule has 6 heteroatoms. The monoisotopic (exact) mass is 332 g/mol. The minimum atomic E-state index is -3.12. The molecule has 0 saturated heterocycles. The zero-order chi connectivity index (χ0) is 16.6. The summed E-state index contributed by atoms with van der Waals surface area (Å²) in [5.74, 6) is -0.104. The van der Waals surface area contributed by atoms with Gasteiger partial charge >= 0.3 is 0 Å². The molecule has 1 aromatic carbocycles. The van der Waals surface area contributed by atoms with Crippen molar-refractivity contribution in [3.05, 3.63) is 59.4 Å². The van der Waals surface area contributed by atoms with Crippen LogP contribution in [0.25, 0.3) is 0 Å². The van der Waals surface area contributed by atoms with Crippen LogP contribution in [0.1, 0.15) is 34.6 Å². The second kappa shape index (κ2) is 5.85. The van der Waals surface area contributed by atoms with Crippen LogP contribution in [-0.2, 0) is 22.1 Å². The molecule has 23 heavy (non-hydrogen) atoms. The first-order valence-electron chi connectivity index (χ1n) is 7.58. The molecule has 0 N–H and O–H groups in total. The van der Waals surface area contributed by atoms with E-state index in [1.54, 1.807) is 24.3 Å². The highest BCUT2D eigenvalue weighted by molar-refractivity contribution is 7.89. The number of amides is 1. The largest absolute Gasteiger partial charge is 0.348 e. The lowest BCUT2D eigenvalue weighted by molar-refractivity contribution is 0.0644. The van der Waals surface area contributed by atoms with E-state index in [1.807, 2.05) is 30.2 Å². The molecule has 0 bridgehead atoms. The van der Waals surface area contributed by atoms with Gasteiger partial charge in [-0.15, -0.1) is 0 Å². The molecule has 0 fully saturated rings. The summed E-state index contributed by atoms with van der Waals surface area (Å²) in [6, 6.07) is 10.9. The summed E-state index contributed by atoms with van der Waals surface area (Å²) in [5.41, 5.74) is 2.31. The molecule has 1 amide bonds. The third-order valence-electron chi connectivity index (χ3n) is 4.21. The first-order valence-corrected chi connectivity index (χ1v) is 9.64. The number of hydrogen-bond acceptors (Lipinski definition) is 3. The normalized spacial score (nSPS) is 17.8. The standard InChI is InChI=1S/C17H20N2O3S/c1-13-16-7-4-8-18(16)9-10-19(13)17(20)15-6-3-5-14(11-15)12-23(2,21)22/h3-8,11,13H,9-10,12H2,1-2H3. The summed E-state index contributed by atoms with van der Waals surface area (Å²) in [6.45, 7) is 3.45. The van der Waals surface area contributed by atoms with Crippen LogP contribution >= 0.6 is 0 Å². The second-order valence-electron chi connectivity index (χ2n) is 6.07. The van der Waals surface area contributed by atoms with E-state index in [1.165, 1.54) is 6.26 Å². The summed E-state index contributed by atoms with van der Waals surface area (Å²) in [6.07, 6.45) is 3.22. The molecule has 5 nitrogen and oxygen atoms in total. The van der Waals surface area contributed by atoms with Crippen molar-refractivity contribution >= 4 is 15.7 Å². The predicted molar refractivity (Wildman–Crippen MR) is 88.9 cm³/mol. The Labute approximate surface area is 136 Å². The number of benzene rings is 1. The van der Waals surface area contributed by atoms with Crippen molar-refractivity contribution in [3.8, 4) is 0 Å². The Balaban J connectivity index is 1.85. The Bertz CT molecular complexity index is 839. The molecule has 0 radical (unpaired) electrons. The van der Waals surface area contributed by atoms with Gasteiger partial charge in [0.15, 0.2) is 9.84 Å². The number of carbonyl (C=O) groups excluding carboxylic acids is 1. The maximum Gasteiger partial charge on any atom is 0.254 e. The third kappa shape index (κ3) is 3.32. The van der Waals surface area contributed by atoms with E-state index >= 15 is 0 Å². The molecule has 0 saturated carbocycles. The van der Waals surface area contributed by atoms with E-state index in [9.17, 15) is 13.2 Å². The van der Waals surface area contributed by atoms with Gasteiger partial charge in [-0.05, 0) is 36.8 Å². The smallest absolute Gasteiger partial charge is 0.254 e. The zero-order valence-electron chi connectivity index (χ0n) is 13.3. The van der Waals surface area contributed by atoms with Gasteiger partial charge in [-0.2, -0.15) is 0 Å². The molecule has 0 spiro atoms. The fraction of sp³-hybridized carbons (Fsp3) is 0.353. The number of carbonyl (C=O) groups is 1. The Morgan fingerprint density at radius 3 is 2.74 bits per heavy atom. The molecular formula is C17H20N2O3S. The zero-order valence-corrected chi connectivity index (χ0v) is 14.1. The first-order chi connectivity index (χ1) is 10.8. The van der Waals surface area contributed by atoms with E-state index in [-0.39, 0.29) is 17.7 Å². The summed E-state index contributed by atoms with van der Waals surface area (Å²) in [4.78, 5) is 14.7. The van der Waals surface area contributed by atoms with Gasteiger partial charge in [0, 0.05) is 36.8 Å². The number of aromatic nitrogens is 1. The second-order valence-corrected chi connectivity index (χ2v) is 8.21. The van der Waals surface area contributed by atoms with Crippen molar-refractivity contribution in [2.45, 2.75) is 25.3 Å². The van der Waals surface area contributed by atoms with Crippen molar-refractivity contribution in [1.82, 2.24) is 9.47 Å². The Morgan fingerprint density at radius 1 is 1.22 bits per heavy atom. The summed E-state index contributed by atoms with van der Waals surface area (Å²) >= 11 is 0. The van der Waals surface area contributed by atoms with Gasteiger partial charge in [-0.1, -0.05) is 12.1 Å². The average molecular weight is 332 g/mol. The van der Waals surface area contributed by atoms with Crippen LogP contribution in [0.4, 0.5) is 0 Å². The number of nitrogens with zero attached hydrogens (tertiary/aromatic N) is 2. The van der Waals surface area contributed by atoms with Crippen LogP contribution < -0.4 is 0 Å². The number of hydrogen-bond donors (Lipinski definition) is 0. The van der Waals surface area contributed by atoms with Crippen molar-refractivity contribution < 1.29 is 13.2 Å². The molecule has 1 aliphatic rings. The predicted octanol–water partition coefficient (Wildman–Crippen LogP) is 2.25. The fourth-order valence-corrected chi connectivity index (χ4v) is 3.90. The van der Waals surface area contributed by atoms with Gasteiger partial charge in [0.1, 0.15) is 0 Å². The van der Waals surface area contributed by atoms with Crippen LogP contribution in [-0.4, -0.2) is 36.6 Å². The van der Waals surface area contributed by atoms with Crippen LogP contribution in [0, 0.1) is 0 Å². The maximum atomic E-state index is 12.8. The van der Waals surface area contributed by atoms with E-state index in [2.05, 4.69) is 4.57 Å². The molecule has 2 heterocycles. The average Bonchev–Trinajstić information content (AvgIpc) is 2.95. The maximum absolute atomic E-state index is 12.8. The molecule has 0 aliphatic carbocycles. The summed E-state index contributed by atoms with van der Waals surface area (Å²) in [5, 5.41) is 0. The Morgan fingerprint density at radius 2 is 2.00 bits per heavy atom. The van der Waals surface area contributed by atoms with E-state index in [0.29, 0.717) is 17.7 Å². The van der Waals surface area contributed by atoms with Crippen LogP contribution in [0.3, 0.4) is 0 Å². The summed E-state index contributed by atoms with van der Waals surface area (Å²) in [7, 11) is -3.12. The van der Waals surface area contributed by atoms with E-state index in [4.69, 9.17) is 0 Å². The number of fused-ring (bicyclic) bond motifs is 1. The van der Waals surface area contributed by atoms with Gasteiger partial charge in [0.05, 0.1) is 11.8 Å². The van der Waals surface area contributed by atoms with Crippen LogP contribution in [0.5, 0.6) is 0 Å². The van der Waals surface area contributed by atoms with E-state index < -0.39 is 9.84 Å². The quantitative estimate of drug-likeness (QED) is 0.866. The molecule has 2 aromatic rings. The topological polar surface area (TPSA) is 59.4 Å². The van der Waals surface area contributed by atoms with E-state index in [0.717, 1.165) is 12.2 Å². The summed E-state index contributed by atoms with van der Waals surface area (Å²) < 4.78 is 25.1. The Kier molecular flexibility index (Phi) is 4.02. The van der Waals surface area contributed by atoms with Gasteiger partial charge in [-0.25, -0.2) is 8.42 Å². The molecule has 1 aliphatic heterocycles. The molecule has 1 aromatic heterocycles. The van der Waals surface area contributed by atoms with Gasteiger partial charge in [0.25, 0.3) is 5.91 Å². The highest BCUT2D eigenvalue weighted by Gasteiger charge is 2.28.